The van der Waals surface area contributed by atoms with Gasteiger partial charge in [-0.3, -0.25) is 4.79 Å². The highest BCUT2D eigenvalue weighted by Crippen LogP contribution is 2.33. The summed E-state index contributed by atoms with van der Waals surface area (Å²) in [4.78, 5) is 25.2. The van der Waals surface area contributed by atoms with Crippen LogP contribution in [0.15, 0.2) is 51.7 Å². The number of carbonyl (C=O) groups excluding carboxylic acids is 1. The minimum Gasteiger partial charge on any atom is -0.423 e. The van der Waals surface area contributed by atoms with Crippen molar-refractivity contribution in [3.8, 4) is 11.1 Å². The molecule has 0 aliphatic carbocycles. The number of benzene rings is 2. The number of aryl methyl sites for hydroxylation is 1. The summed E-state index contributed by atoms with van der Waals surface area (Å²) in [5.41, 5.74) is 8.89. The van der Waals surface area contributed by atoms with Crippen LogP contribution in [0.5, 0.6) is 0 Å². The van der Waals surface area contributed by atoms with Crippen molar-refractivity contribution in [3.63, 3.8) is 0 Å². The van der Waals surface area contributed by atoms with Gasteiger partial charge in [0, 0.05) is 43.7 Å². The molecule has 0 bridgehead atoms. The molecule has 3 rings (SSSR count). The Kier molecular flexibility index (Phi) is 6.59. The predicted octanol–water partition coefficient (Wildman–Crippen LogP) is 1.40. The number of primary amides is 1. The van der Waals surface area contributed by atoms with Gasteiger partial charge in [0.05, 0.1) is 0 Å². The van der Waals surface area contributed by atoms with E-state index in [9.17, 15) is 19.6 Å². The van der Waals surface area contributed by atoms with Crippen LogP contribution in [0.25, 0.3) is 22.1 Å². The van der Waals surface area contributed by atoms with Crippen LogP contribution in [0.3, 0.4) is 0 Å². The molecular formula is C22H25BN2O5. The lowest BCUT2D eigenvalue weighted by Crippen LogP contribution is -2.29. The number of rotatable bonds is 8. The highest BCUT2D eigenvalue weighted by molar-refractivity contribution is 6.58. The van der Waals surface area contributed by atoms with Gasteiger partial charge in [0.15, 0.2) is 0 Å². The third-order valence-corrected chi connectivity index (χ3v) is 5.04. The van der Waals surface area contributed by atoms with Crippen molar-refractivity contribution in [3.05, 3.63) is 58.4 Å². The van der Waals surface area contributed by atoms with Crippen molar-refractivity contribution in [1.29, 1.82) is 0 Å². The Morgan fingerprint density at radius 1 is 1.13 bits per heavy atom. The maximum absolute atomic E-state index is 12.2. The molecule has 0 spiro atoms. The van der Waals surface area contributed by atoms with E-state index in [0.29, 0.717) is 35.0 Å². The van der Waals surface area contributed by atoms with E-state index >= 15 is 0 Å². The largest absolute Gasteiger partial charge is 0.488 e. The van der Waals surface area contributed by atoms with E-state index in [-0.39, 0.29) is 5.91 Å². The molecule has 0 atom stereocenters. The third-order valence-electron chi connectivity index (χ3n) is 5.04. The van der Waals surface area contributed by atoms with Crippen LogP contribution in [-0.4, -0.2) is 37.2 Å². The van der Waals surface area contributed by atoms with E-state index in [1.807, 2.05) is 37.2 Å². The zero-order chi connectivity index (χ0) is 21.8. The Balaban J connectivity index is 2.12. The summed E-state index contributed by atoms with van der Waals surface area (Å²) in [6.07, 6.45) is 2.59. The van der Waals surface area contributed by atoms with Crippen molar-refractivity contribution < 1.29 is 19.3 Å². The number of hydrogen-bond acceptors (Lipinski definition) is 6. The minimum atomic E-state index is -1.60. The summed E-state index contributed by atoms with van der Waals surface area (Å²) < 4.78 is 5.46. The number of nitrogens with two attached hydrogens (primary N) is 1. The third kappa shape index (κ3) is 4.90. The first kappa shape index (κ1) is 21.6. The lowest BCUT2D eigenvalue weighted by atomic mass is 9.79. The molecule has 0 saturated carbocycles. The average molecular weight is 408 g/mol. The number of carbonyl (C=O) groups is 1. The van der Waals surface area contributed by atoms with Crippen LogP contribution in [0, 0.1) is 0 Å². The van der Waals surface area contributed by atoms with Gasteiger partial charge in [0.1, 0.15) is 5.58 Å². The molecule has 30 heavy (non-hydrogen) atoms. The molecule has 3 aromatic rings. The summed E-state index contributed by atoms with van der Waals surface area (Å²) in [7, 11) is 2.24. The Labute approximate surface area is 174 Å². The van der Waals surface area contributed by atoms with Gasteiger partial charge in [-0.05, 0) is 47.5 Å². The van der Waals surface area contributed by atoms with Gasteiger partial charge in [-0.15, -0.1) is 0 Å². The van der Waals surface area contributed by atoms with Crippen molar-refractivity contribution >= 4 is 35.1 Å². The predicted molar refractivity (Wildman–Crippen MR) is 119 cm³/mol. The molecule has 0 unspecified atom stereocenters. The first-order chi connectivity index (χ1) is 14.3. The molecule has 0 saturated heterocycles. The van der Waals surface area contributed by atoms with Crippen LogP contribution in [-0.2, 0) is 11.2 Å². The summed E-state index contributed by atoms with van der Waals surface area (Å²) >= 11 is 0. The number of nitrogens with zero attached hydrogens (tertiary/aromatic N) is 1. The van der Waals surface area contributed by atoms with Crippen molar-refractivity contribution in [2.75, 3.05) is 19.0 Å². The fourth-order valence-corrected chi connectivity index (χ4v) is 3.58. The van der Waals surface area contributed by atoms with Crippen molar-refractivity contribution in [2.24, 2.45) is 5.73 Å². The molecule has 8 heteroatoms. The van der Waals surface area contributed by atoms with Gasteiger partial charge in [-0.25, -0.2) is 4.79 Å². The van der Waals surface area contributed by atoms with Gasteiger partial charge >= 0.3 is 12.7 Å². The van der Waals surface area contributed by atoms with Gasteiger partial charge in [0.25, 0.3) is 0 Å². The van der Waals surface area contributed by atoms with Crippen molar-refractivity contribution in [1.82, 2.24) is 0 Å². The fourth-order valence-electron chi connectivity index (χ4n) is 3.58. The second-order valence-electron chi connectivity index (χ2n) is 7.52. The number of amides is 1. The van der Waals surface area contributed by atoms with E-state index < -0.39 is 12.7 Å². The number of fused-ring (bicyclic) bond motifs is 1. The monoisotopic (exact) mass is 408 g/mol. The standard InChI is InChI=1S/C22H25BN2O5/c1-25(2)19-13-20-18(11-15(19)6-3-4-9-21(24)26)17(12-22(27)30-20)14-7-5-8-16(10-14)23(28)29/h5,7-8,10-13,28-29H,3-4,6,9H2,1-2H3,(H2,24,26). The van der Waals surface area contributed by atoms with E-state index in [1.165, 1.54) is 6.07 Å². The lowest BCUT2D eigenvalue weighted by molar-refractivity contribution is -0.118. The van der Waals surface area contributed by atoms with E-state index in [1.54, 1.807) is 18.2 Å². The molecule has 1 amide bonds. The van der Waals surface area contributed by atoms with E-state index in [4.69, 9.17) is 10.2 Å². The number of hydrogen-bond donors (Lipinski definition) is 3. The fraction of sp³-hybridized carbons (Fsp3) is 0.273. The molecule has 0 radical (unpaired) electrons. The summed E-state index contributed by atoms with van der Waals surface area (Å²) in [6.45, 7) is 0. The van der Waals surface area contributed by atoms with Gasteiger partial charge in [-0.2, -0.15) is 0 Å². The average Bonchev–Trinajstić information content (AvgIpc) is 2.70. The van der Waals surface area contributed by atoms with Crippen LogP contribution in [0.2, 0.25) is 0 Å². The minimum absolute atomic E-state index is 0.309. The second kappa shape index (κ2) is 9.15. The van der Waals surface area contributed by atoms with Crippen LogP contribution in [0.1, 0.15) is 24.8 Å². The van der Waals surface area contributed by atoms with Crippen LogP contribution in [0.4, 0.5) is 5.69 Å². The lowest BCUT2D eigenvalue weighted by Gasteiger charge is -2.19. The normalized spacial score (nSPS) is 10.9. The first-order valence-electron chi connectivity index (χ1n) is 9.79. The SMILES string of the molecule is CN(C)c1cc2oc(=O)cc(-c3cccc(B(O)O)c3)c2cc1CCCCC(N)=O. The van der Waals surface area contributed by atoms with Gasteiger partial charge in [-0.1, -0.05) is 24.3 Å². The van der Waals surface area contributed by atoms with Gasteiger partial charge < -0.3 is 25.1 Å². The first-order valence-corrected chi connectivity index (χ1v) is 9.79. The molecule has 1 aromatic heterocycles. The molecule has 0 fully saturated rings. The molecule has 7 nitrogen and oxygen atoms in total. The van der Waals surface area contributed by atoms with Crippen LogP contribution < -0.4 is 21.7 Å². The van der Waals surface area contributed by atoms with Crippen molar-refractivity contribution in [2.45, 2.75) is 25.7 Å². The highest BCUT2D eigenvalue weighted by Gasteiger charge is 2.16. The maximum atomic E-state index is 12.2. The molecule has 0 aliphatic heterocycles. The smallest absolute Gasteiger partial charge is 0.423 e. The highest BCUT2D eigenvalue weighted by atomic mass is 16.4. The molecule has 2 aromatic carbocycles. The molecule has 1 heterocycles. The maximum Gasteiger partial charge on any atom is 0.488 e. The molecule has 0 aliphatic rings. The number of anilines is 1. The molecule has 4 N–H and O–H groups in total. The summed E-state index contributed by atoms with van der Waals surface area (Å²) in [5.74, 6) is -0.309. The van der Waals surface area contributed by atoms with Gasteiger partial charge in [0.2, 0.25) is 5.91 Å². The summed E-state index contributed by atoms with van der Waals surface area (Å²) in [5, 5.41) is 19.8. The Morgan fingerprint density at radius 2 is 1.90 bits per heavy atom. The molecular weight excluding hydrogens is 383 g/mol. The van der Waals surface area contributed by atoms with E-state index in [0.717, 1.165) is 29.5 Å². The second-order valence-corrected chi connectivity index (χ2v) is 7.52. The zero-order valence-corrected chi connectivity index (χ0v) is 17.1. The van der Waals surface area contributed by atoms with E-state index in [2.05, 4.69) is 0 Å². The topological polar surface area (TPSA) is 117 Å². The van der Waals surface area contributed by atoms with Crippen LogP contribution >= 0.6 is 0 Å². The molecule has 156 valence electrons. The Morgan fingerprint density at radius 3 is 2.57 bits per heavy atom. The number of unbranched alkanes of at least 4 members (excludes halogenated alkanes) is 1. The zero-order valence-electron chi connectivity index (χ0n) is 17.1. The summed E-state index contributed by atoms with van der Waals surface area (Å²) in [6, 6.07) is 12.0. The quantitative estimate of drug-likeness (QED) is 0.295. The Bertz CT molecular complexity index is 1120. The Hall–Kier alpha value is -3.10.